The lowest BCUT2D eigenvalue weighted by Crippen LogP contribution is -2.50. The van der Waals surface area contributed by atoms with Crippen LogP contribution in [0.15, 0.2) is 18.2 Å². The molecule has 1 aromatic carbocycles. The third-order valence-corrected chi connectivity index (χ3v) is 6.13. The summed E-state index contributed by atoms with van der Waals surface area (Å²) in [6.45, 7) is 4.07. The molecule has 3 fully saturated rings. The molecule has 166 valence electrons. The van der Waals surface area contributed by atoms with Crippen molar-refractivity contribution in [3.05, 3.63) is 34.3 Å². The van der Waals surface area contributed by atoms with E-state index in [2.05, 4.69) is 4.90 Å². The number of carbonyl (C=O) groups excluding carboxylic acids is 4. The molecule has 9 nitrogen and oxygen atoms in total. The van der Waals surface area contributed by atoms with Crippen LogP contribution in [0.2, 0.25) is 5.02 Å². The molecular formula is C21H25ClN4O5. The largest absolute Gasteiger partial charge is 0.434 e. The van der Waals surface area contributed by atoms with Gasteiger partial charge in [-0.1, -0.05) is 17.7 Å². The lowest BCUT2D eigenvalue weighted by atomic mass is 10.1. The first kappa shape index (κ1) is 21.6. The van der Waals surface area contributed by atoms with Crippen LogP contribution in [0.1, 0.15) is 41.6 Å². The molecule has 3 aliphatic rings. The average Bonchev–Trinajstić information content (AvgIpc) is 3.41. The van der Waals surface area contributed by atoms with E-state index in [0.29, 0.717) is 48.4 Å². The summed E-state index contributed by atoms with van der Waals surface area (Å²) in [5, 5.41) is 1.10. The summed E-state index contributed by atoms with van der Waals surface area (Å²) in [7, 11) is 0. The van der Waals surface area contributed by atoms with Gasteiger partial charge in [-0.15, -0.1) is 5.06 Å². The van der Waals surface area contributed by atoms with E-state index in [1.54, 1.807) is 12.1 Å². The third-order valence-electron chi connectivity index (χ3n) is 5.90. The van der Waals surface area contributed by atoms with E-state index in [1.807, 2.05) is 11.0 Å². The Labute approximate surface area is 185 Å². The number of benzene rings is 1. The second-order valence-corrected chi connectivity index (χ2v) is 8.44. The summed E-state index contributed by atoms with van der Waals surface area (Å²) in [5.74, 6) is -0.970. The molecule has 0 unspecified atom stereocenters. The van der Waals surface area contributed by atoms with Gasteiger partial charge >= 0.3 is 6.09 Å². The van der Waals surface area contributed by atoms with E-state index in [-0.39, 0.29) is 18.7 Å². The molecular weight excluding hydrogens is 424 g/mol. The lowest BCUT2D eigenvalue weighted by Gasteiger charge is -2.34. The van der Waals surface area contributed by atoms with E-state index < -0.39 is 17.9 Å². The van der Waals surface area contributed by atoms with Crippen molar-refractivity contribution >= 4 is 35.4 Å². The zero-order valence-corrected chi connectivity index (χ0v) is 18.0. The topological polar surface area (TPSA) is 90.5 Å². The number of nitrogens with zero attached hydrogens (tertiary/aromatic N) is 4. The fraction of sp³-hybridized carbons (Fsp3) is 0.524. The quantitative estimate of drug-likeness (QED) is 0.653. The molecule has 0 N–H and O–H groups in total. The van der Waals surface area contributed by atoms with Crippen molar-refractivity contribution in [2.45, 2.75) is 32.2 Å². The van der Waals surface area contributed by atoms with Gasteiger partial charge in [-0.25, -0.2) is 4.79 Å². The normalized spacial score (nSPS) is 20.0. The molecule has 0 aromatic heterocycles. The maximum atomic E-state index is 12.9. The zero-order valence-electron chi connectivity index (χ0n) is 17.2. The second-order valence-electron chi connectivity index (χ2n) is 8.00. The van der Waals surface area contributed by atoms with Crippen LogP contribution in [0.25, 0.3) is 0 Å². The molecule has 1 aromatic rings. The summed E-state index contributed by atoms with van der Waals surface area (Å²) in [4.78, 5) is 59.0. The highest BCUT2D eigenvalue weighted by Crippen LogP contribution is 2.22. The Morgan fingerprint density at radius 2 is 1.55 bits per heavy atom. The molecule has 0 radical (unpaired) electrons. The van der Waals surface area contributed by atoms with E-state index in [1.165, 1.54) is 4.90 Å². The van der Waals surface area contributed by atoms with Gasteiger partial charge in [0.15, 0.2) is 0 Å². The highest BCUT2D eigenvalue weighted by Gasteiger charge is 2.35. The standard InChI is InChI=1S/C21H25ClN4O5/c22-16-4-3-15(17(13-16)20(29)24-7-1-2-8-24)14-23-9-11-25(12-10-23)21(30)31-26-18(27)5-6-19(26)28/h3-4,13H,1-2,5-12,14H2. The molecule has 3 heterocycles. The van der Waals surface area contributed by atoms with Gasteiger partial charge in [0.1, 0.15) is 0 Å². The SMILES string of the molecule is O=C(ON1C(=O)CCC1=O)N1CCN(Cc2ccc(Cl)cc2C(=O)N2CCCC2)CC1. The molecule has 3 saturated heterocycles. The van der Waals surface area contributed by atoms with Gasteiger partial charge in [0.25, 0.3) is 17.7 Å². The van der Waals surface area contributed by atoms with Crippen molar-refractivity contribution in [3.8, 4) is 0 Å². The average molecular weight is 449 g/mol. The van der Waals surface area contributed by atoms with Crippen LogP contribution in [0.5, 0.6) is 0 Å². The fourth-order valence-corrected chi connectivity index (χ4v) is 4.27. The van der Waals surface area contributed by atoms with Gasteiger partial charge in [0, 0.05) is 69.2 Å². The molecule has 31 heavy (non-hydrogen) atoms. The predicted octanol–water partition coefficient (Wildman–Crippen LogP) is 1.89. The highest BCUT2D eigenvalue weighted by molar-refractivity contribution is 6.31. The number of hydrogen-bond acceptors (Lipinski definition) is 6. The third kappa shape index (κ3) is 4.83. The Morgan fingerprint density at radius 3 is 2.19 bits per heavy atom. The molecule has 3 aliphatic heterocycles. The number of hydrogen-bond donors (Lipinski definition) is 0. The minimum atomic E-state index is -0.695. The Bertz CT molecular complexity index is 878. The number of rotatable bonds is 4. The minimum Gasteiger partial charge on any atom is -0.339 e. The first-order valence-electron chi connectivity index (χ1n) is 10.5. The van der Waals surface area contributed by atoms with Crippen LogP contribution in [0.4, 0.5) is 4.79 Å². The van der Waals surface area contributed by atoms with Gasteiger partial charge in [-0.05, 0) is 30.5 Å². The predicted molar refractivity (Wildman–Crippen MR) is 111 cm³/mol. The molecule has 4 rings (SSSR count). The number of amides is 4. The number of piperazine rings is 1. The first-order chi connectivity index (χ1) is 14.9. The van der Waals surface area contributed by atoms with Crippen LogP contribution >= 0.6 is 11.6 Å². The maximum absolute atomic E-state index is 12.9. The monoisotopic (exact) mass is 448 g/mol. The van der Waals surface area contributed by atoms with E-state index in [4.69, 9.17) is 16.4 Å². The molecule has 0 atom stereocenters. The maximum Gasteiger partial charge on any atom is 0.434 e. The number of halogens is 1. The van der Waals surface area contributed by atoms with Gasteiger partial charge in [-0.2, -0.15) is 0 Å². The summed E-state index contributed by atoms with van der Waals surface area (Å²) < 4.78 is 0. The van der Waals surface area contributed by atoms with E-state index in [9.17, 15) is 19.2 Å². The smallest absolute Gasteiger partial charge is 0.339 e. The van der Waals surface area contributed by atoms with Crippen molar-refractivity contribution in [1.29, 1.82) is 0 Å². The summed E-state index contributed by atoms with van der Waals surface area (Å²) in [5.41, 5.74) is 1.54. The summed E-state index contributed by atoms with van der Waals surface area (Å²) >= 11 is 6.16. The molecule has 0 bridgehead atoms. The van der Waals surface area contributed by atoms with Crippen LogP contribution in [-0.4, -0.2) is 82.8 Å². The second kappa shape index (κ2) is 9.23. The first-order valence-corrected chi connectivity index (χ1v) is 10.9. The molecule has 0 spiro atoms. The molecule has 0 aliphatic carbocycles. The van der Waals surface area contributed by atoms with Crippen molar-refractivity contribution in [3.63, 3.8) is 0 Å². The molecule has 0 saturated carbocycles. The molecule has 10 heteroatoms. The van der Waals surface area contributed by atoms with Crippen LogP contribution in [0, 0.1) is 0 Å². The van der Waals surface area contributed by atoms with Gasteiger partial charge in [-0.3, -0.25) is 19.3 Å². The van der Waals surface area contributed by atoms with Crippen molar-refractivity contribution in [1.82, 2.24) is 19.8 Å². The molecule has 4 amide bonds. The van der Waals surface area contributed by atoms with Crippen molar-refractivity contribution in [2.24, 2.45) is 0 Å². The van der Waals surface area contributed by atoms with Crippen molar-refractivity contribution in [2.75, 3.05) is 39.3 Å². The fourth-order valence-electron chi connectivity index (χ4n) is 4.10. The lowest BCUT2D eigenvalue weighted by molar-refractivity contribution is -0.174. The Hall–Kier alpha value is -2.65. The highest BCUT2D eigenvalue weighted by atomic mass is 35.5. The van der Waals surface area contributed by atoms with Gasteiger partial charge < -0.3 is 14.6 Å². The Morgan fingerprint density at radius 1 is 0.903 bits per heavy atom. The van der Waals surface area contributed by atoms with E-state index in [0.717, 1.165) is 31.5 Å². The van der Waals surface area contributed by atoms with E-state index >= 15 is 0 Å². The number of imide groups is 1. The van der Waals surface area contributed by atoms with Gasteiger partial charge in [0.2, 0.25) is 0 Å². The van der Waals surface area contributed by atoms with Crippen LogP contribution in [0.3, 0.4) is 0 Å². The number of hydroxylamine groups is 2. The number of likely N-dealkylation sites (tertiary alicyclic amines) is 1. The number of carbonyl (C=O) groups is 4. The summed E-state index contributed by atoms with van der Waals surface area (Å²) in [6.07, 6.45) is 1.49. The van der Waals surface area contributed by atoms with Gasteiger partial charge in [0.05, 0.1) is 0 Å². The van der Waals surface area contributed by atoms with Crippen LogP contribution in [-0.2, 0) is 21.0 Å². The summed E-state index contributed by atoms with van der Waals surface area (Å²) in [6, 6.07) is 5.40. The minimum absolute atomic E-state index is 0.0113. The van der Waals surface area contributed by atoms with Crippen molar-refractivity contribution < 1.29 is 24.0 Å². The van der Waals surface area contributed by atoms with Crippen LogP contribution < -0.4 is 0 Å². The Balaban J connectivity index is 1.35. The zero-order chi connectivity index (χ0) is 22.0. The Kier molecular flexibility index (Phi) is 6.43.